The summed E-state index contributed by atoms with van der Waals surface area (Å²) in [6.45, 7) is 5.53. The van der Waals surface area contributed by atoms with E-state index in [0.29, 0.717) is 16.8 Å². The van der Waals surface area contributed by atoms with Gasteiger partial charge in [0.05, 0.1) is 6.20 Å². The van der Waals surface area contributed by atoms with E-state index in [9.17, 15) is 4.79 Å². The Morgan fingerprint density at radius 1 is 1.38 bits per heavy atom. The highest BCUT2D eigenvalue weighted by Gasteiger charge is 2.35. The third kappa shape index (κ3) is 6.65. The Balaban J connectivity index is 0.000000353. The summed E-state index contributed by atoms with van der Waals surface area (Å²) in [6.07, 6.45) is 7.63. The second kappa shape index (κ2) is 11.5. The van der Waals surface area contributed by atoms with E-state index in [1.54, 1.807) is 30.1 Å². The molecule has 2 N–H and O–H groups in total. The number of rotatable bonds is 6. The molecule has 3 saturated heterocycles. The Morgan fingerprint density at radius 2 is 2.14 bits per heavy atom. The largest absolute Gasteiger partial charge is 0.347 e. The predicted octanol–water partition coefficient (Wildman–Crippen LogP) is 4.17. The molecule has 0 saturated carbocycles. The molecule has 0 unspecified atom stereocenters. The van der Waals surface area contributed by atoms with Crippen LogP contribution in [0.25, 0.3) is 0 Å². The highest BCUT2D eigenvalue weighted by atomic mass is 32.2. The van der Waals surface area contributed by atoms with E-state index in [4.69, 9.17) is 5.26 Å². The van der Waals surface area contributed by atoms with Crippen molar-refractivity contribution >= 4 is 29.0 Å². The Hall–Kier alpha value is -1.71. The van der Waals surface area contributed by atoms with Crippen molar-refractivity contribution in [2.24, 2.45) is 5.92 Å². The molecule has 2 bridgehead atoms. The first-order chi connectivity index (χ1) is 14.2. The van der Waals surface area contributed by atoms with E-state index < -0.39 is 0 Å². The van der Waals surface area contributed by atoms with Crippen LogP contribution in [0.15, 0.2) is 57.9 Å². The summed E-state index contributed by atoms with van der Waals surface area (Å²) in [5.41, 5.74) is 0. The fraction of sp³-hybridized carbons (Fsp3) is 0.429. The lowest BCUT2D eigenvalue weighted by Gasteiger charge is -2.44. The molecule has 1 atom stereocenters. The molecule has 1 aromatic carbocycles. The van der Waals surface area contributed by atoms with E-state index in [1.807, 2.05) is 25.1 Å². The first-order valence-electron chi connectivity index (χ1n) is 9.79. The van der Waals surface area contributed by atoms with Crippen LogP contribution in [0.5, 0.6) is 0 Å². The standard InChI is InChI=1S/C17H19N3OS2.C4H8O2/c21-16(19-14-11-20-8-6-12(14)7-9-20)15-10-18-17(23-15)22-13-4-2-1-3-5-13;1-2-3-4-6-5/h1-5,10,12,14H,6-9,11H2,(H,19,21);2-3,5H,4H2,1H3/b;3-2+/t14-;/m0./s1. The highest BCUT2D eigenvalue weighted by Crippen LogP contribution is 2.31. The number of piperidine rings is 3. The molecule has 3 aliphatic heterocycles. The molecule has 6 nitrogen and oxygen atoms in total. The number of allylic oxidation sites excluding steroid dienone is 1. The molecule has 2 aromatic rings. The van der Waals surface area contributed by atoms with Crippen LogP contribution in [0, 0.1) is 5.92 Å². The summed E-state index contributed by atoms with van der Waals surface area (Å²) in [5, 5.41) is 10.9. The van der Waals surface area contributed by atoms with Gasteiger partial charge in [0.1, 0.15) is 11.5 Å². The number of nitrogens with one attached hydrogen (secondary N) is 1. The first-order valence-corrected chi connectivity index (χ1v) is 11.4. The molecule has 1 amide bonds. The van der Waals surface area contributed by atoms with Gasteiger partial charge in [0.25, 0.3) is 5.91 Å². The highest BCUT2D eigenvalue weighted by molar-refractivity contribution is 8.01. The third-order valence-electron chi connectivity index (χ3n) is 5.04. The van der Waals surface area contributed by atoms with Crippen LogP contribution in [0.1, 0.15) is 29.4 Å². The fourth-order valence-corrected chi connectivity index (χ4v) is 5.38. The maximum atomic E-state index is 12.5. The number of fused-ring (bicyclic) bond motifs is 3. The van der Waals surface area contributed by atoms with Crippen LogP contribution in [-0.4, -0.2) is 53.3 Å². The minimum Gasteiger partial charge on any atom is -0.347 e. The Kier molecular flexibility index (Phi) is 8.69. The molecule has 5 rings (SSSR count). The van der Waals surface area contributed by atoms with Gasteiger partial charge in [-0.15, -0.1) is 11.3 Å². The van der Waals surface area contributed by atoms with Crippen molar-refractivity contribution in [2.45, 2.75) is 35.0 Å². The van der Waals surface area contributed by atoms with E-state index >= 15 is 0 Å². The topological polar surface area (TPSA) is 74.7 Å². The van der Waals surface area contributed by atoms with Crippen molar-refractivity contribution in [3.8, 4) is 0 Å². The predicted molar refractivity (Wildman–Crippen MR) is 116 cm³/mol. The quantitative estimate of drug-likeness (QED) is 0.405. The third-order valence-corrected chi connectivity index (χ3v) is 7.11. The fourth-order valence-electron chi connectivity index (χ4n) is 3.51. The second-order valence-electron chi connectivity index (χ2n) is 6.99. The van der Waals surface area contributed by atoms with Gasteiger partial charge in [-0.1, -0.05) is 42.1 Å². The van der Waals surface area contributed by atoms with Gasteiger partial charge in [0.2, 0.25) is 0 Å². The molecule has 0 aliphatic carbocycles. The molecule has 3 aliphatic rings. The number of thiazole rings is 1. The number of benzene rings is 1. The molecule has 3 fully saturated rings. The summed E-state index contributed by atoms with van der Waals surface area (Å²) in [6, 6.07) is 10.4. The van der Waals surface area contributed by atoms with Gasteiger partial charge >= 0.3 is 0 Å². The maximum Gasteiger partial charge on any atom is 0.263 e. The monoisotopic (exact) mass is 433 g/mol. The molecule has 29 heavy (non-hydrogen) atoms. The second-order valence-corrected chi connectivity index (χ2v) is 9.34. The molecule has 0 spiro atoms. The van der Waals surface area contributed by atoms with Gasteiger partial charge in [0, 0.05) is 17.5 Å². The van der Waals surface area contributed by atoms with Crippen LogP contribution in [-0.2, 0) is 4.89 Å². The van der Waals surface area contributed by atoms with Crippen LogP contribution in [0.3, 0.4) is 0 Å². The zero-order valence-corrected chi connectivity index (χ0v) is 18.1. The summed E-state index contributed by atoms with van der Waals surface area (Å²) < 4.78 is 0.912. The van der Waals surface area contributed by atoms with Crippen LogP contribution in [0.2, 0.25) is 0 Å². The Morgan fingerprint density at radius 3 is 2.72 bits per heavy atom. The van der Waals surface area contributed by atoms with Crippen LogP contribution in [0.4, 0.5) is 0 Å². The number of hydrogen-bond donors (Lipinski definition) is 2. The zero-order valence-electron chi connectivity index (χ0n) is 16.5. The lowest BCUT2D eigenvalue weighted by Crippen LogP contribution is -2.57. The summed E-state index contributed by atoms with van der Waals surface area (Å²) in [5.74, 6) is 0.677. The smallest absolute Gasteiger partial charge is 0.263 e. The van der Waals surface area contributed by atoms with Crippen LogP contribution < -0.4 is 5.32 Å². The minimum atomic E-state index is 0.0289. The average Bonchev–Trinajstić information content (AvgIpc) is 3.23. The van der Waals surface area contributed by atoms with Crippen molar-refractivity contribution in [1.82, 2.24) is 15.2 Å². The zero-order chi connectivity index (χ0) is 20.5. The average molecular weight is 434 g/mol. The minimum absolute atomic E-state index is 0.0289. The molecule has 8 heteroatoms. The van der Waals surface area contributed by atoms with Crippen molar-refractivity contribution in [2.75, 3.05) is 26.2 Å². The summed E-state index contributed by atoms with van der Waals surface area (Å²) in [4.78, 5) is 24.9. The molecule has 4 heterocycles. The first kappa shape index (κ1) is 22.0. The van der Waals surface area contributed by atoms with Crippen molar-refractivity contribution in [1.29, 1.82) is 0 Å². The number of carbonyl (C=O) groups excluding carboxylic acids is 1. The van der Waals surface area contributed by atoms with Gasteiger partial charge in [-0.05, 0) is 50.9 Å². The summed E-state index contributed by atoms with van der Waals surface area (Å²) >= 11 is 3.07. The van der Waals surface area contributed by atoms with Crippen molar-refractivity contribution in [3.05, 3.63) is 53.6 Å². The number of aromatic nitrogens is 1. The Bertz CT molecular complexity index is 789. The Labute approximate surface area is 179 Å². The normalized spacial score (nSPS) is 22.9. The number of hydrogen-bond acceptors (Lipinski definition) is 7. The molecular formula is C21H27N3O3S2. The maximum absolute atomic E-state index is 12.5. The molecular weight excluding hydrogens is 406 g/mol. The van der Waals surface area contributed by atoms with Crippen molar-refractivity contribution < 1.29 is 14.9 Å². The van der Waals surface area contributed by atoms with Crippen molar-refractivity contribution in [3.63, 3.8) is 0 Å². The SMILES string of the molecule is C/C=C/COO.O=C(N[C@H]1CN2CCC1CC2)c1cnc(Sc2ccccc2)s1. The van der Waals surface area contributed by atoms with Gasteiger partial charge < -0.3 is 10.2 Å². The van der Waals surface area contributed by atoms with E-state index in [1.165, 1.54) is 37.3 Å². The van der Waals surface area contributed by atoms with E-state index in [0.717, 1.165) is 15.8 Å². The van der Waals surface area contributed by atoms with Gasteiger partial charge in [0.15, 0.2) is 4.34 Å². The van der Waals surface area contributed by atoms with Gasteiger partial charge in [-0.25, -0.2) is 9.87 Å². The lowest BCUT2D eigenvalue weighted by atomic mass is 9.84. The summed E-state index contributed by atoms with van der Waals surface area (Å²) in [7, 11) is 0. The van der Waals surface area contributed by atoms with E-state index in [2.05, 4.69) is 32.2 Å². The molecule has 1 aromatic heterocycles. The number of nitrogens with zero attached hydrogens (tertiary/aromatic N) is 2. The lowest BCUT2D eigenvalue weighted by molar-refractivity contribution is -0.231. The molecule has 156 valence electrons. The number of carbonyl (C=O) groups is 1. The van der Waals surface area contributed by atoms with Crippen LogP contribution >= 0.6 is 23.1 Å². The molecule has 0 radical (unpaired) electrons. The van der Waals surface area contributed by atoms with Gasteiger partial charge in [-0.2, -0.15) is 0 Å². The van der Waals surface area contributed by atoms with E-state index in [-0.39, 0.29) is 12.5 Å². The number of amides is 1. The van der Waals surface area contributed by atoms with Gasteiger partial charge in [-0.3, -0.25) is 10.1 Å².